The number of hydrogen-bond acceptors (Lipinski definition) is 6. The predicted octanol–water partition coefficient (Wildman–Crippen LogP) is 1.48. The number of carbonyl (C=O) groups is 1. The van der Waals surface area contributed by atoms with Crippen molar-refractivity contribution in [1.29, 1.82) is 0 Å². The Kier molecular flexibility index (Phi) is 5.19. The number of aromatic nitrogens is 2. The van der Waals surface area contributed by atoms with Crippen LogP contribution in [-0.2, 0) is 0 Å². The van der Waals surface area contributed by atoms with Gasteiger partial charge in [0.15, 0.2) is 5.69 Å². The topological polar surface area (TPSA) is 61.4 Å². The van der Waals surface area contributed by atoms with Crippen LogP contribution in [0.3, 0.4) is 0 Å². The second-order valence-electron chi connectivity index (χ2n) is 5.79. The van der Waals surface area contributed by atoms with Gasteiger partial charge in [-0.3, -0.25) is 9.69 Å². The fourth-order valence-electron chi connectivity index (χ4n) is 2.82. The molecule has 0 bridgehead atoms. The largest absolute Gasteiger partial charge is 0.369 e. The van der Waals surface area contributed by atoms with Gasteiger partial charge >= 0.3 is 0 Å². The molecule has 23 heavy (non-hydrogen) atoms. The molecular weight excluding hydrogens is 310 g/mol. The van der Waals surface area contributed by atoms with Gasteiger partial charge in [0.05, 0.1) is 0 Å². The highest BCUT2D eigenvalue weighted by molar-refractivity contribution is 7.03. The van der Waals surface area contributed by atoms with Crippen LogP contribution in [0.2, 0.25) is 0 Å². The lowest BCUT2D eigenvalue weighted by Crippen LogP contribution is -2.50. The number of piperazine rings is 1. The SMILES string of the molecule is C[C@@H](CN1CCN(c2ccccc2)CC1)NC(=O)c1csnn1. The smallest absolute Gasteiger partial charge is 0.272 e. The standard InChI is InChI=1S/C16H21N5OS/c1-13(17-16(22)15-12-23-19-18-15)11-20-7-9-21(10-8-20)14-5-3-2-4-6-14/h2-6,12-13H,7-11H2,1H3,(H,17,22)/t13-/m0/s1. The molecule has 1 aliphatic heterocycles. The molecular formula is C16H21N5OS. The maximum absolute atomic E-state index is 12.0. The van der Waals surface area contributed by atoms with Gasteiger partial charge in [-0.2, -0.15) is 0 Å². The van der Waals surface area contributed by atoms with Crippen molar-refractivity contribution >= 4 is 23.1 Å². The Bertz CT molecular complexity index is 611. The molecule has 1 amide bonds. The lowest BCUT2D eigenvalue weighted by Gasteiger charge is -2.37. The second-order valence-corrected chi connectivity index (χ2v) is 6.40. The van der Waals surface area contributed by atoms with Gasteiger partial charge in [-0.1, -0.05) is 22.7 Å². The van der Waals surface area contributed by atoms with E-state index in [2.05, 4.69) is 49.0 Å². The third-order valence-corrected chi connectivity index (χ3v) is 4.50. The molecule has 0 spiro atoms. The molecule has 7 heteroatoms. The lowest BCUT2D eigenvalue weighted by molar-refractivity contribution is 0.0923. The molecule has 2 aromatic rings. The molecule has 1 fully saturated rings. The Morgan fingerprint density at radius 2 is 2.00 bits per heavy atom. The zero-order valence-electron chi connectivity index (χ0n) is 13.2. The number of benzene rings is 1. The number of rotatable bonds is 5. The number of carbonyl (C=O) groups excluding carboxylic acids is 1. The first-order chi connectivity index (χ1) is 11.2. The first kappa shape index (κ1) is 15.9. The van der Waals surface area contributed by atoms with E-state index in [1.54, 1.807) is 5.38 Å². The number of amides is 1. The summed E-state index contributed by atoms with van der Waals surface area (Å²) in [4.78, 5) is 16.8. The van der Waals surface area contributed by atoms with Gasteiger partial charge < -0.3 is 10.2 Å². The van der Waals surface area contributed by atoms with Crippen molar-refractivity contribution in [2.45, 2.75) is 13.0 Å². The highest BCUT2D eigenvalue weighted by Gasteiger charge is 2.20. The predicted molar refractivity (Wildman–Crippen MR) is 91.9 cm³/mol. The average Bonchev–Trinajstić information content (AvgIpc) is 3.11. The van der Waals surface area contributed by atoms with Gasteiger partial charge in [-0.15, -0.1) is 5.10 Å². The molecule has 1 atom stereocenters. The monoisotopic (exact) mass is 331 g/mol. The average molecular weight is 331 g/mol. The van der Waals surface area contributed by atoms with Crippen LogP contribution in [0.1, 0.15) is 17.4 Å². The summed E-state index contributed by atoms with van der Waals surface area (Å²) in [5.41, 5.74) is 1.68. The third-order valence-electron chi connectivity index (χ3n) is 4.00. The Hall–Kier alpha value is -1.99. The van der Waals surface area contributed by atoms with Gasteiger partial charge in [-0.05, 0) is 30.6 Å². The molecule has 1 saturated heterocycles. The van der Waals surface area contributed by atoms with Crippen LogP contribution in [0.5, 0.6) is 0 Å². The van der Waals surface area contributed by atoms with Crippen molar-refractivity contribution in [1.82, 2.24) is 19.8 Å². The minimum Gasteiger partial charge on any atom is -0.369 e. The summed E-state index contributed by atoms with van der Waals surface area (Å²) >= 11 is 1.19. The highest BCUT2D eigenvalue weighted by Crippen LogP contribution is 2.15. The lowest BCUT2D eigenvalue weighted by atomic mass is 10.2. The Morgan fingerprint density at radius 3 is 2.65 bits per heavy atom. The molecule has 2 heterocycles. The zero-order chi connectivity index (χ0) is 16.1. The quantitative estimate of drug-likeness (QED) is 0.899. The van der Waals surface area contributed by atoms with Crippen LogP contribution in [0.25, 0.3) is 0 Å². The van der Waals surface area contributed by atoms with E-state index >= 15 is 0 Å². The third kappa shape index (κ3) is 4.27. The van der Waals surface area contributed by atoms with Crippen molar-refractivity contribution < 1.29 is 4.79 Å². The number of nitrogens with zero attached hydrogens (tertiary/aromatic N) is 4. The first-order valence-corrected chi connectivity index (χ1v) is 8.66. The summed E-state index contributed by atoms with van der Waals surface area (Å²) in [5.74, 6) is -0.144. The summed E-state index contributed by atoms with van der Waals surface area (Å²) in [5, 5.41) is 8.45. The van der Waals surface area contributed by atoms with E-state index in [0.717, 1.165) is 32.7 Å². The number of hydrogen-bond donors (Lipinski definition) is 1. The Labute approximate surface area is 140 Å². The summed E-state index contributed by atoms with van der Waals surface area (Å²) in [6.07, 6.45) is 0. The van der Waals surface area contributed by atoms with Crippen molar-refractivity contribution in [2.24, 2.45) is 0 Å². The van der Waals surface area contributed by atoms with Crippen LogP contribution in [-0.4, -0.2) is 59.2 Å². The van der Waals surface area contributed by atoms with Crippen LogP contribution in [0.15, 0.2) is 35.7 Å². The molecule has 1 aliphatic rings. The molecule has 3 rings (SSSR count). The fourth-order valence-corrected chi connectivity index (χ4v) is 3.26. The Morgan fingerprint density at radius 1 is 1.26 bits per heavy atom. The van der Waals surface area contributed by atoms with E-state index in [-0.39, 0.29) is 11.9 Å². The van der Waals surface area contributed by atoms with E-state index in [4.69, 9.17) is 0 Å². The summed E-state index contributed by atoms with van der Waals surface area (Å²) in [7, 11) is 0. The number of anilines is 1. The highest BCUT2D eigenvalue weighted by atomic mass is 32.1. The summed E-state index contributed by atoms with van der Waals surface area (Å²) in [6.45, 7) is 6.93. The van der Waals surface area contributed by atoms with Crippen LogP contribution >= 0.6 is 11.5 Å². The minimum absolute atomic E-state index is 0.0903. The van der Waals surface area contributed by atoms with Crippen molar-refractivity contribution in [3.63, 3.8) is 0 Å². The number of para-hydroxylation sites is 1. The van der Waals surface area contributed by atoms with Gasteiger partial charge in [0.2, 0.25) is 0 Å². The molecule has 0 radical (unpaired) electrons. The van der Waals surface area contributed by atoms with Crippen molar-refractivity contribution in [2.75, 3.05) is 37.6 Å². The van der Waals surface area contributed by atoms with Crippen molar-refractivity contribution in [3.05, 3.63) is 41.4 Å². The molecule has 0 unspecified atom stereocenters. The molecule has 1 N–H and O–H groups in total. The van der Waals surface area contributed by atoms with Crippen LogP contribution < -0.4 is 10.2 Å². The van der Waals surface area contributed by atoms with E-state index < -0.39 is 0 Å². The van der Waals surface area contributed by atoms with Crippen LogP contribution in [0.4, 0.5) is 5.69 Å². The molecule has 122 valence electrons. The summed E-state index contributed by atoms with van der Waals surface area (Å²) < 4.78 is 3.72. The van der Waals surface area contributed by atoms with Gasteiger partial charge in [0.1, 0.15) is 0 Å². The molecule has 6 nitrogen and oxygen atoms in total. The molecule has 0 aliphatic carbocycles. The molecule has 1 aromatic carbocycles. The van der Waals surface area contributed by atoms with Gasteiger partial charge in [0, 0.05) is 49.8 Å². The minimum atomic E-state index is -0.144. The van der Waals surface area contributed by atoms with Gasteiger partial charge in [-0.25, -0.2) is 0 Å². The van der Waals surface area contributed by atoms with E-state index in [0.29, 0.717) is 5.69 Å². The molecule has 1 aromatic heterocycles. The molecule has 0 saturated carbocycles. The maximum atomic E-state index is 12.0. The maximum Gasteiger partial charge on any atom is 0.272 e. The van der Waals surface area contributed by atoms with Gasteiger partial charge in [0.25, 0.3) is 5.91 Å². The van der Waals surface area contributed by atoms with E-state index in [1.165, 1.54) is 17.2 Å². The summed E-state index contributed by atoms with van der Waals surface area (Å²) in [6, 6.07) is 10.6. The fraction of sp³-hybridized carbons (Fsp3) is 0.438. The second kappa shape index (κ2) is 7.52. The van der Waals surface area contributed by atoms with E-state index in [1.807, 2.05) is 13.0 Å². The Balaban J connectivity index is 1.44. The number of nitrogens with one attached hydrogen (secondary N) is 1. The first-order valence-electron chi connectivity index (χ1n) is 7.82. The zero-order valence-corrected chi connectivity index (χ0v) is 14.0. The normalized spacial score (nSPS) is 17.0. The van der Waals surface area contributed by atoms with Crippen molar-refractivity contribution in [3.8, 4) is 0 Å². The van der Waals surface area contributed by atoms with E-state index in [9.17, 15) is 4.79 Å². The van der Waals surface area contributed by atoms with Crippen LogP contribution in [0, 0.1) is 0 Å².